The molecule has 0 aliphatic carbocycles. The van der Waals surface area contributed by atoms with Crippen LogP contribution in [0.5, 0.6) is 0 Å². The third-order valence-electron chi connectivity index (χ3n) is 2.98. The lowest BCUT2D eigenvalue weighted by atomic mass is 10.2. The number of amides is 1. The van der Waals surface area contributed by atoms with Gasteiger partial charge in [-0.05, 0) is 24.3 Å². The minimum Gasteiger partial charge on any atom is -0.449 e. The van der Waals surface area contributed by atoms with E-state index in [9.17, 15) is 4.79 Å². The lowest BCUT2D eigenvalue weighted by Gasteiger charge is -2.06. The molecule has 0 aliphatic rings. The van der Waals surface area contributed by atoms with Gasteiger partial charge in [0, 0.05) is 11.1 Å². The highest BCUT2D eigenvalue weighted by Gasteiger charge is 2.19. The van der Waals surface area contributed by atoms with E-state index in [0.29, 0.717) is 11.3 Å². The number of nitrogen functional groups attached to an aromatic ring is 1. The minimum atomic E-state index is -0.473. The fraction of sp³-hybridized carbons (Fsp3) is 0. The van der Waals surface area contributed by atoms with Crippen LogP contribution in [0.4, 0.5) is 11.4 Å². The molecule has 1 amide bonds. The number of hydrazine groups is 1. The smallest absolute Gasteiger partial charge is 0.303 e. The van der Waals surface area contributed by atoms with Crippen LogP contribution >= 0.6 is 0 Å². The van der Waals surface area contributed by atoms with E-state index in [-0.39, 0.29) is 5.76 Å². The van der Waals surface area contributed by atoms with Crippen LogP contribution in [0.15, 0.2) is 59.0 Å². The van der Waals surface area contributed by atoms with E-state index in [0.717, 1.165) is 11.1 Å². The van der Waals surface area contributed by atoms with Gasteiger partial charge in [-0.1, -0.05) is 30.3 Å². The Morgan fingerprint density at radius 1 is 1.00 bits per heavy atom. The Morgan fingerprint density at radius 2 is 1.70 bits per heavy atom. The van der Waals surface area contributed by atoms with Gasteiger partial charge in [0.2, 0.25) is 5.76 Å². The summed E-state index contributed by atoms with van der Waals surface area (Å²) in [7, 11) is 0. The first kappa shape index (κ1) is 12.3. The van der Waals surface area contributed by atoms with Crippen LogP contribution in [0, 0.1) is 0 Å². The van der Waals surface area contributed by atoms with Gasteiger partial charge < -0.3 is 9.73 Å². The van der Waals surface area contributed by atoms with Gasteiger partial charge in [0.25, 0.3) is 0 Å². The number of furan rings is 1. The number of hydrogen-bond donors (Lipinski definition) is 3. The molecule has 20 heavy (non-hydrogen) atoms. The van der Waals surface area contributed by atoms with Gasteiger partial charge in [0.1, 0.15) is 5.58 Å². The average Bonchev–Trinajstić information content (AvgIpc) is 2.86. The Balaban J connectivity index is 2.13. The zero-order valence-electron chi connectivity index (χ0n) is 10.6. The molecule has 1 heterocycles. The van der Waals surface area contributed by atoms with Gasteiger partial charge in [0.05, 0.1) is 5.69 Å². The summed E-state index contributed by atoms with van der Waals surface area (Å²) in [4.78, 5) is 11.8. The molecule has 5 nitrogen and oxygen atoms in total. The van der Waals surface area contributed by atoms with E-state index in [4.69, 9.17) is 10.3 Å². The van der Waals surface area contributed by atoms with E-state index in [1.165, 1.54) is 0 Å². The Labute approximate surface area is 115 Å². The number of carbonyl (C=O) groups excluding carboxylic acids is 1. The van der Waals surface area contributed by atoms with Crippen LogP contribution in [-0.4, -0.2) is 5.91 Å². The molecule has 100 valence electrons. The van der Waals surface area contributed by atoms with Crippen LogP contribution in [0.1, 0.15) is 10.6 Å². The van der Waals surface area contributed by atoms with Gasteiger partial charge in [-0.2, -0.15) is 0 Å². The highest BCUT2D eigenvalue weighted by atomic mass is 16.3. The van der Waals surface area contributed by atoms with Crippen LogP contribution in [-0.2, 0) is 0 Å². The summed E-state index contributed by atoms with van der Waals surface area (Å²) < 4.78 is 5.57. The summed E-state index contributed by atoms with van der Waals surface area (Å²) in [6.45, 7) is 0. The van der Waals surface area contributed by atoms with Crippen molar-refractivity contribution in [3.63, 3.8) is 0 Å². The van der Waals surface area contributed by atoms with E-state index in [1.54, 1.807) is 6.07 Å². The molecule has 0 radical (unpaired) electrons. The van der Waals surface area contributed by atoms with E-state index < -0.39 is 5.91 Å². The Kier molecular flexibility index (Phi) is 3.10. The number of rotatable bonds is 3. The molecule has 0 unspecified atom stereocenters. The molecular weight excluding hydrogens is 254 g/mol. The highest BCUT2D eigenvalue weighted by Crippen LogP contribution is 2.32. The maximum absolute atomic E-state index is 11.8. The molecule has 3 rings (SSSR count). The molecule has 0 spiro atoms. The summed E-state index contributed by atoms with van der Waals surface area (Å²) in [5.74, 6) is 4.89. The number of carbonyl (C=O) groups is 1. The summed E-state index contributed by atoms with van der Waals surface area (Å²) in [5.41, 5.74) is 4.20. The van der Waals surface area contributed by atoms with Crippen molar-refractivity contribution in [2.75, 3.05) is 5.32 Å². The fourth-order valence-corrected chi connectivity index (χ4v) is 2.06. The molecule has 3 aromatic rings. The number of hydrogen-bond acceptors (Lipinski definition) is 4. The Hall–Kier alpha value is -2.79. The molecule has 0 aliphatic heterocycles. The summed E-state index contributed by atoms with van der Waals surface area (Å²) >= 11 is 0. The van der Waals surface area contributed by atoms with Gasteiger partial charge in [0.15, 0.2) is 0 Å². The molecule has 0 bridgehead atoms. The number of nitrogens with one attached hydrogen (secondary N) is 2. The average molecular weight is 267 g/mol. The van der Waals surface area contributed by atoms with Gasteiger partial charge in [-0.15, -0.1) is 0 Å². The van der Waals surface area contributed by atoms with Crippen molar-refractivity contribution in [1.29, 1.82) is 0 Å². The van der Waals surface area contributed by atoms with Crippen LogP contribution in [0.3, 0.4) is 0 Å². The van der Waals surface area contributed by atoms with Crippen molar-refractivity contribution in [2.45, 2.75) is 0 Å². The van der Waals surface area contributed by atoms with Crippen LogP contribution in [0.25, 0.3) is 11.0 Å². The second-order valence-electron chi connectivity index (χ2n) is 4.27. The maximum atomic E-state index is 11.8. The molecule has 0 saturated heterocycles. The number of anilines is 2. The van der Waals surface area contributed by atoms with Crippen molar-refractivity contribution in [2.24, 2.45) is 5.84 Å². The maximum Gasteiger partial charge on any atom is 0.303 e. The standard InChI is InChI=1S/C15H13N3O2/c16-18-15(19)14-13(17-10-6-2-1-3-7-10)11-8-4-5-9-12(11)20-14/h1-9,17H,16H2,(H,18,19). The van der Waals surface area contributed by atoms with Gasteiger partial charge in [-0.3, -0.25) is 10.2 Å². The predicted molar refractivity (Wildman–Crippen MR) is 77.6 cm³/mol. The Bertz CT molecular complexity index is 750. The first-order valence-electron chi connectivity index (χ1n) is 6.14. The van der Waals surface area contributed by atoms with Crippen LogP contribution in [0.2, 0.25) is 0 Å². The predicted octanol–water partition coefficient (Wildman–Crippen LogP) is 2.78. The molecule has 4 N–H and O–H groups in total. The molecular formula is C15H13N3O2. The van der Waals surface area contributed by atoms with E-state index in [1.807, 2.05) is 48.5 Å². The zero-order valence-corrected chi connectivity index (χ0v) is 10.6. The number of fused-ring (bicyclic) bond motifs is 1. The monoisotopic (exact) mass is 267 g/mol. The number of nitrogens with two attached hydrogens (primary N) is 1. The lowest BCUT2D eigenvalue weighted by Crippen LogP contribution is -2.30. The van der Waals surface area contributed by atoms with Gasteiger partial charge >= 0.3 is 5.91 Å². The highest BCUT2D eigenvalue weighted by molar-refractivity contribution is 6.07. The lowest BCUT2D eigenvalue weighted by molar-refractivity contribution is 0.0929. The number of benzene rings is 2. The molecule has 0 fully saturated rings. The van der Waals surface area contributed by atoms with Crippen molar-refractivity contribution in [3.8, 4) is 0 Å². The quantitative estimate of drug-likeness (QED) is 0.387. The topological polar surface area (TPSA) is 80.3 Å². The number of para-hydroxylation sites is 2. The summed E-state index contributed by atoms with van der Waals surface area (Å²) in [6, 6.07) is 17.0. The normalized spacial score (nSPS) is 10.4. The van der Waals surface area contributed by atoms with E-state index >= 15 is 0 Å². The van der Waals surface area contributed by atoms with Crippen molar-refractivity contribution >= 4 is 28.3 Å². The second kappa shape index (κ2) is 5.07. The van der Waals surface area contributed by atoms with E-state index in [2.05, 4.69) is 10.7 Å². The molecule has 0 saturated carbocycles. The minimum absolute atomic E-state index is 0.164. The van der Waals surface area contributed by atoms with Crippen molar-refractivity contribution < 1.29 is 9.21 Å². The largest absolute Gasteiger partial charge is 0.449 e. The third-order valence-corrected chi connectivity index (χ3v) is 2.98. The second-order valence-corrected chi connectivity index (χ2v) is 4.27. The van der Waals surface area contributed by atoms with Gasteiger partial charge in [-0.25, -0.2) is 5.84 Å². The third kappa shape index (κ3) is 2.10. The van der Waals surface area contributed by atoms with Crippen LogP contribution < -0.4 is 16.6 Å². The zero-order chi connectivity index (χ0) is 13.9. The SMILES string of the molecule is NNC(=O)c1oc2ccccc2c1Nc1ccccc1. The molecule has 1 aromatic heterocycles. The molecule has 0 atom stereocenters. The molecule has 5 heteroatoms. The fourth-order valence-electron chi connectivity index (χ4n) is 2.06. The molecule has 2 aromatic carbocycles. The first-order valence-corrected chi connectivity index (χ1v) is 6.14. The van der Waals surface area contributed by atoms with Crippen molar-refractivity contribution in [3.05, 3.63) is 60.4 Å². The first-order chi connectivity index (χ1) is 9.79. The van der Waals surface area contributed by atoms with Crippen molar-refractivity contribution in [1.82, 2.24) is 5.43 Å². The summed E-state index contributed by atoms with van der Waals surface area (Å²) in [5, 5.41) is 4.03. The summed E-state index contributed by atoms with van der Waals surface area (Å²) in [6.07, 6.45) is 0. The Morgan fingerprint density at radius 3 is 2.45 bits per heavy atom.